The Bertz CT molecular complexity index is 1530. The molecular weight excluding hydrogens is 421 g/mol. The van der Waals surface area contributed by atoms with Gasteiger partial charge in [-0.15, -0.1) is 0 Å². The number of nitrogens with two attached hydrogens (primary N) is 1. The molecule has 0 atom stereocenters. The highest BCUT2D eigenvalue weighted by molar-refractivity contribution is 5.93. The number of halogens is 1. The second kappa shape index (κ2) is 7.98. The second-order valence-corrected chi connectivity index (χ2v) is 7.60. The fourth-order valence-electron chi connectivity index (χ4n) is 3.89. The maximum Gasteiger partial charge on any atom is 0.358 e. The molecule has 5 rings (SSSR count). The molecule has 3 heterocycles. The third kappa shape index (κ3) is 3.55. The molecule has 2 N–H and O–H groups in total. The lowest BCUT2D eigenvalue weighted by molar-refractivity contribution is 0.0520. The summed E-state index contributed by atoms with van der Waals surface area (Å²) in [7, 11) is 0. The van der Waals surface area contributed by atoms with Gasteiger partial charge in [0.2, 0.25) is 0 Å². The van der Waals surface area contributed by atoms with Crippen molar-refractivity contribution in [3.8, 4) is 22.5 Å². The van der Waals surface area contributed by atoms with Crippen LogP contribution in [0.25, 0.3) is 39.1 Å². The molecule has 0 amide bonds. The molecule has 8 heteroatoms. The smallest absolute Gasteiger partial charge is 0.358 e. The molecule has 0 fully saturated rings. The summed E-state index contributed by atoms with van der Waals surface area (Å²) in [6.45, 7) is 3.97. The lowest BCUT2D eigenvalue weighted by atomic mass is 10.0. The van der Waals surface area contributed by atoms with Crippen LogP contribution in [0.1, 0.15) is 23.0 Å². The fraction of sp³-hybridized carbons (Fsp3) is 0.120. The Morgan fingerprint density at radius 3 is 2.61 bits per heavy atom. The van der Waals surface area contributed by atoms with Gasteiger partial charge in [-0.1, -0.05) is 6.07 Å². The topological polar surface area (TPSA) is 95.4 Å². The maximum absolute atomic E-state index is 13.6. The van der Waals surface area contributed by atoms with Crippen LogP contribution in [0.4, 0.5) is 10.2 Å². The van der Waals surface area contributed by atoms with Gasteiger partial charge in [-0.05, 0) is 61.9 Å². The van der Waals surface area contributed by atoms with Gasteiger partial charge in [0.25, 0.3) is 0 Å². The first kappa shape index (κ1) is 20.6. The van der Waals surface area contributed by atoms with Crippen molar-refractivity contribution in [2.45, 2.75) is 13.8 Å². The quantitative estimate of drug-likeness (QED) is 0.402. The highest BCUT2D eigenvalue weighted by atomic mass is 19.1. The van der Waals surface area contributed by atoms with E-state index in [-0.39, 0.29) is 23.9 Å². The summed E-state index contributed by atoms with van der Waals surface area (Å²) in [5.74, 6) is -0.755. The average Bonchev–Trinajstić information content (AvgIpc) is 3.26. The Balaban J connectivity index is 1.85. The zero-order valence-electron chi connectivity index (χ0n) is 18.0. The lowest BCUT2D eigenvalue weighted by Crippen LogP contribution is -2.04. The Morgan fingerprint density at radius 1 is 1.09 bits per heavy atom. The van der Waals surface area contributed by atoms with Crippen LogP contribution in [-0.4, -0.2) is 31.9 Å². The molecule has 33 heavy (non-hydrogen) atoms. The van der Waals surface area contributed by atoms with Crippen LogP contribution in [0.5, 0.6) is 0 Å². The third-order valence-corrected chi connectivity index (χ3v) is 5.47. The van der Waals surface area contributed by atoms with Gasteiger partial charge in [0.05, 0.1) is 23.5 Å². The standard InChI is InChI=1S/C25H20FN5O2/c1-3-33-25(32)20-13-31-22(16-6-9-19-18(12-16)14(2)10-11-28-19)21(30-23(27)24(31)29-20)15-4-7-17(26)8-5-15/h4-13H,3H2,1-2H3,(H2,27,30). The van der Waals surface area contributed by atoms with Crippen molar-refractivity contribution in [1.82, 2.24) is 19.4 Å². The number of pyridine rings is 1. The minimum atomic E-state index is -0.548. The van der Waals surface area contributed by atoms with Crippen molar-refractivity contribution in [3.05, 3.63) is 78.0 Å². The van der Waals surface area contributed by atoms with Gasteiger partial charge in [0.1, 0.15) is 5.82 Å². The summed E-state index contributed by atoms with van der Waals surface area (Å²) in [6, 6.07) is 13.8. The Kier molecular flexibility index (Phi) is 4.97. The highest BCUT2D eigenvalue weighted by Crippen LogP contribution is 2.35. The first-order valence-corrected chi connectivity index (χ1v) is 10.4. The number of aryl methyl sites for hydroxylation is 1. The van der Waals surface area contributed by atoms with E-state index in [9.17, 15) is 9.18 Å². The molecule has 3 aromatic heterocycles. The second-order valence-electron chi connectivity index (χ2n) is 7.60. The van der Waals surface area contributed by atoms with Crippen LogP contribution < -0.4 is 5.73 Å². The van der Waals surface area contributed by atoms with Crippen molar-refractivity contribution in [2.75, 3.05) is 12.3 Å². The number of rotatable bonds is 4. The number of carbonyl (C=O) groups is 1. The van der Waals surface area contributed by atoms with Gasteiger partial charge in [-0.2, -0.15) is 0 Å². The van der Waals surface area contributed by atoms with Crippen molar-refractivity contribution >= 4 is 28.3 Å². The molecule has 0 bridgehead atoms. The van der Waals surface area contributed by atoms with Crippen LogP contribution in [0.3, 0.4) is 0 Å². The van der Waals surface area contributed by atoms with E-state index in [0.717, 1.165) is 22.0 Å². The molecular formula is C25H20FN5O2. The molecule has 0 unspecified atom stereocenters. The van der Waals surface area contributed by atoms with E-state index in [2.05, 4.69) is 15.0 Å². The zero-order chi connectivity index (χ0) is 23.1. The van der Waals surface area contributed by atoms with Gasteiger partial charge < -0.3 is 10.5 Å². The average molecular weight is 441 g/mol. The van der Waals surface area contributed by atoms with Gasteiger partial charge >= 0.3 is 5.97 Å². The molecule has 5 aromatic rings. The lowest BCUT2D eigenvalue weighted by Gasteiger charge is -2.14. The van der Waals surface area contributed by atoms with Crippen LogP contribution in [0.15, 0.2) is 60.9 Å². The molecule has 0 aliphatic heterocycles. The predicted molar refractivity (Wildman–Crippen MR) is 124 cm³/mol. The molecule has 0 saturated carbocycles. The van der Waals surface area contributed by atoms with Crippen LogP contribution in [0.2, 0.25) is 0 Å². The number of nitrogen functional groups attached to an aromatic ring is 1. The zero-order valence-corrected chi connectivity index (χ0v) is 18.0. The summed E-state index contributed by atoms with van der Waals surface area (Å²) in [6.07, 6.45) is 3.36. The van der Waals surface area contributed by atoms with Crippen molar-refractivity contribution in [1.29, 1.82) is 0 Å². The van der Waals surface area contributed by atoms with Crippen molar-refractivity contribution < 1.29 is 13.9 Å². The number of anilines is 1. The van der Waals surface area contributed by atoms with Crippen LogP contribution in [0, 0.1) is 12.7 Å². The fourth-order valence-corrected chi connectivity index (χ4v) is 3.89. The largest absolute Gasteiger partial charge is 0.461 e. The van der Waals surface area contributed by atoms with E-state index < -0.39 is 5.97 Å². The van der Waals surface area contributed by atoms with Crippen molar-refractivity contribution in [3.63, 3.8) is 0 Å². The van der Waals surface area contributed by atoms with E-state index >= 15 is 0 Å². The molecule has 7 nitrogen and oxygen atoms in total. The van der Waals surface area contributed by atoms with E-state index in [1.165, 1.54) is 12.1 Å². The SMILES string of the molecule is CCOC(=O)c1cn2c(-c3ccc4nccc(C)c4c3)c(-c3ccc(F)cc3)nc(N)c2n1. The minimum absolute atomic E-state index is 0.126. The first-order valence-electron chi connectivity index (χ1n) is 10.4. The Hall–Kier alpha value is -4.33. The first-order chi connectivity index (χ1) is 16.0. The molecule has 0 radical (unpaired) electrons. The normalized spacial score (nSPS) is 11.2. The molecule has 0 spiro atoms. The minimum Gasteiger partial charge on any atom is -0.461 e. The number of imidazole rings is 1. The molecule has 164 valence electrons. The Morgan fingerprint density at radius 2 is 1.85 bits per heavy atom. The number of carbonyl (C=O) groups excluding carboxylic acids is 1. The van der Waals surface area contributed by atoms with Crippen LogP contribution >= 0.6 is 0 Å². The molecule has 0 saturated heterocycles. The summed E-state index contributed by atoms with van der Waals surface area (Å²) in [5, 5.41) is 0.982. The highest BCUT2D eigenvalue weighted by Gasteiger charge is 2.21. The summed E-state index contributed by atoms with van der Waals surface area (Å²) < 4.78 is 20.5. The van der Waals surface area contributed by atoms with E-state index in [1.54, 1.807) is 35.9 Å². The number of benzene rings is 2. The molecule has 2 aromatic carbocycles. The monoisotopic (exact) mass is 441 g/mol. The number of ether oxygens (including phenoxy) is 1. The Labute approximate surface area is 188 Å². The van der Waals surface area contributed by atoms with Gasteiger partial charge in [0.15, 0.2) is 17.2 Å². The number of nitrogens with zero attached hydrogens (tertiary/aromatic N) is 4. The van der Waals surface area contributed by atoms with Crippen LogP contribution in [-0.2, 0) is 4.74 Å². The van der Waals surface area contributed by atoms with Crippen molar-refractivity contribution in [2.24, 2.45) is 0 Å². The third-order valence-electron chi connectivity index (χ3n) is 5.47. The summed E-state index contributed by atoms with van der Waals surface area (Å²) >= 11 is 0. The molecule has 0 aliphatic carbocycles. The van der Waals surface area contributed by atoms with E-state index in [0.29, 0.717) is 22.6 Å². The molecule has 0 aliphatic rings. The van der Waals surface area contributed by atoms with Gasteiger partial charge in [-0.25, -0.2) is 19.2 Å². The predicted octanol–water partition coefficient (Wildman–Crippen LogP) is 4.82. The summed E-state index contributed by atoms with van der Waals surface area (Å²) in [5.41, 5.74) is 11.3. The number of fused-ring (bicyclic) bond motifs is 2. The number of aromatic nitrogens is 4. The van der Waals surface area contributed by atoms with Gasteiger partial charge in [-0.3, -0.25) is 9.38 Å². The number of hydrogen-bond acceptors (Lipinski definition) is 6. The maximum atomic E-state index is 13.6. The number of esters is 1. The van der Waals surface area contributed by atoms with E-state index in [4.69, 9.17) is 10.5 Å². The van der Waals surface area contributed by atoms with Gasteiger partial charge in [0, 0.05) is 28.9 Å². The number of hydrogen-bond donors (Lipinski definition) is 1. The van der Waals surface area contributed by atoms with E-state index in [1.807, 2.05) is 31.2 Å². The summed E-state index contributed by atoms with van der Waals surface area (Å²) in [4.78, 5) is 25.8.